The molecule has 0 spiro atoms. The molecule has 2 aromatic rings. The first-order valence-corrected chi connectivity index (χ1v) is 6.99. The molecule has 1 fully saturated rings. The van der Waals surface area contributed by atoms with Gasteiger partial charge in [0.1, 0.15) is 17.3 Å². The standard InChI is InChI=1S/C15H20N4/c1-3-8-19-14(16)13(18-15(19)11-6-7-11)12-5-4-10(2)17-9-12/h4-5,9,11H,3,6-8,16H2,1-2H3. The average Bonchev–Trinajstić information content (AvgIpc) is 3.19. The zero-order chi connectivity index (χ0) is 13.4. The van der Waals surface area contributed by atoms with Crippen LogP contribution in [0.3, 0.4) is 0 Å². The number of imidazole rings is 1. The summed E-state index contributed by atoms with van der Waals surface area (Å²) in [5.74, 6) is 2.56. The van der Waals surface area contributed by atoms with Crippen LogP contribution in [0, 0.1) is 6.92 Å². The van der Waals surface area contributed by atoms with E-state index in [0.717, 1.165) is 41.6 Å². The van der Waals surface area contributed by atoms with Gasteiger partial charge in [0, 0.05) is 29.9 Å². The molecule has 1 saturated carbocycles. The molecule has 0 aromatic carbocycles. The fourth-order valence-corrected chi connectivity index (χ4v) is 2.42. The van der Waals surface area contributed by atoms with Gasteiger partial charge in [0.05, 0.1) is 0 Å². The van der Waals surface area contributed by atoms with Gasteiger partial charge in [-0.15, -0.1) is 0 Å². The summed E-state index contributed by atoms with van der Waals surface area (Å²) in [6, 6.07) is 4.05. The van der Waals surface area contributed by atoms with Crippen LogP contribution in [0.5, 0.6) is 0 Å². The van der Waals surface area contributed by atoms with Gasteiger partial charge in [-0.1, -0.05) is 6.92 Å². The second kappa shape index (κ2) is 4.68. The maximum atomic E-state index is 6.30. The third kappa shape index (κ3) is 2.23. The number of aromatic nitrogens is 3. The van der Waals surface area contributed by atoms with Crippen LogP contribution in [0.4, 0.5) is 5.82 Å². The Morgan fingerprint density at radius 2 is 2.16 bits per heavy atom. The van der Waals surface area contributed by atoms with Crippen LogP contribution < -0.4 is 5.73 Å². The molecule has 2 heterocycles. The second-order valence-electron chi connectivity index (χ2n) is 5.32. The second-order valence-corrected chi connectivity index (χ2v) is 5.32. The summed E-state index contributed by atoms with van der Waals surface area (Å²) in [6.45, 7) is 5.10. The molecule has 4 nitrogen and oxygen atoms in total. The fourth-order valence-electron chi connectivity index (χ4n) is 2.42. The van der Waals surface area contributed by atoms with Crippen LogP contribution in [0.2, 0.25) is 0 Å². The number of hydrogen-bond donors (Lipinski definition) is 1. The van der Waals surface area contributed by atoms with Gasteiger partial charge < -0.3 is 10.3 Å². The van der Waals surface area contributed by atoms with E-state index >= 15 is 0 Å². The van der Waals surface area contributed by atoms with E-state index in [-0.39, 0.29) is 0 Å². The summed E-state index contributed by atoms with van der Waals surface area (Å²) in [5, 5.41) is 0. The van der Waals surface area contributed by atoms with Gasteiger partial charge >= 0.3 is 0 Å². The predicted molar refractivity (Wildman–Crippen MR) is 76.9 cm³/mol. The SMILES string of the molecule is CCCn1c(C2CC2)nc(-c2ccc(C)nc2)c1N. The summed E-state index contributed by atoms with van der Waals surface area (Å²) in [5.41, 5.74) is 9.22. The monoisotopic (exact) mass is 256 g/mol. The number of aryl methyl sites for hydroxylation is 1. The number of anilines is 1. The lowest BCUT2D eigenvalue weighted by Gasteiger charge is -2.07. The average molecular weight is 256 g/mol. The Bertz CT molecular complexity index is 579. The number of hydrogen-bond acceptors (Lipinski definition) is 3. The van der Waals surface area contributed by atoms with Crippen LogP contribution in [0.1, 0.15) is 43.6 Å². The van der Waals surface area contributed by atoms with E-state index < -0.39 is 0 Å². The number of nitrogens with zero attached hydrogens (tertiary/aromatic N) is 3. The molecule has 0 atom stereocenters. The van der Waals surface area contributed by atoms with E-state index in [1.54, 1.807) is 0 Å². The Kier molecular flexibility index (Phi) is 3.01. The van der Waals surface area contributed by atoms with Crippen molar-refractivity contribution in [2.75, 3.05) is 5.73 Å². The van der Waals surface area contributed by atoms with Gasteiger partial charge in [-0.05, 0) is 38.3 Å². The minimum atomic E-state index is 0.612. The quantitative estimate of drug-likeness (QED) is 0.914. The third-order valence-electron chi connectivity index (χ3n) is 3.61. The van der Waals surface area contributed by atoms with Crippen LogP contribution in [0.25, 0.3) is 11.3 Å². The first kappa shape index (κ1) is 12.2. The van der Waals surface area contributed by atoms with Gasteiger partial charge in [0.15, 0.2) is 0 Å². The van der Waals surface area contributed by atoms with Crippen molar-refractivity contribution in [3.05, 3.63) is 29.8 Å². The topological polar surface area (TPSA) is 56.7 Å². The lowest BCUT2D eigenvalue weighted by atomic mass is 10.2. The molecular weight excluding hydrogens is 236 g/mol. The molecule has 19 heavy (non-hydrogen) atoms. The maximum absolute atomic E-state index is 6.30. The highest BCUT2D eigenvalue weighted by Gasteiger charge is 2.30. The lowest BCUT2D eigenvalue weighted by molar-refractivity contribution is 0.646. The minimum absolute atomic E-state index is 0.612. The van der Waals surface area contributed by atoms with Crippen molar-refractivity contribution in [2.45, 2.75) is 45.6 Å². The first-order valence-electron chi connectivity index (χ1n) is 6.99. The van der Waals surface area contributed by atoms with Crippen LogP contribution >= 0.6 is 0 Å². The smallest absolute Gasteiger partial charge is 0.131 e. The molecule has 0 saturated heterocycles. The molecule has 4 heteroatoms. The third-order valence-corrected chi connectivity index (χ3v) is 3.61. The Balaban J connectivity index is 2.06. The number of rotatable bonds is 4. The number of nitrogen functional groups attached to an aromatic ring is 1. The van der Waals surface area contributed by atoms with Crippen molar-refractivity contribution < 1.29 is 0 Å². The van der Waals surface area contributed by atoms with E-state index in [1.807, 2.05) is 25.3 Å². The Hall–Kier alpha value is -1.84. The normalized spacial score (nSPS) is 14.8. The molecule has 1 aliphatic rings. The predicted octanol–water partition coefficient (Wildman–Crippen LogP) is 3.12. The van der Waals surface area contributed by atoms with E-state index in [4.69, 9.17) is 10.7 Å². The van der Waals surface area contributed by atoms with Crippen LogP contribution in [-0.2, 0) is 6.54 Å². The zero-order valence-corrected chi connectivity index (χ0v) is 11.6. The molecule has 3 rings (SSSR count). The Morgan fingerprint density at radius 1 is 1.37 bits per heavy atom. The fraction of sp³-hybridized carbons (Fsp3) is 0.467. The molecule has 0 aliphatic heterocycles. The Morgan fingerprint density at radius 3 is 2.74 bits per heavy atom. The minimum Gasteiger partial charge on any atom is -0.383 e. The molecule has 100 valence electrons. The van der Waals surface area contributed by atoms with Gasteiger partial charge in [-0.2, -0.15) is 0 Å². The van der Waals surface area contributed by atoms with Gasteiger partial charge in [0.25, 0.3) is 0 Å². The largest absolute Gasteiger partial charge is 0.383 e. The maximum Gasteiger partial charge on any atom is 0.131 e. The van der Waals surface area contributed by atoms with E-state index in [9.17, 15) is 0 Å². The van der Waals surface area contributed by atoms with Crippen LogP contribution in [-0.4, -0.2) is 14.5 Å². The molecule has 2 aromatic heterocycles. The highest BCUT2D eigenvalue weighted by Crippen LogP contribution is 2.42. The van der Waals surface area contributed by atoms with E-state index in [0.29, 0.717) is 5.92 Å². The molecule has 1 aliphatic carbocycles. The van der Waals surface area contributed by atoms with E-state index in [2.05, 4.69) is 16.5 Å². The Labute approximate surface area is 113 Å². The summed E-state index contributed by atoms with van der Waals surface area (Å²) in [4.78, 5) is 9.13. The number of nitrogens with two attached hydrogens (primary N) is 1. The highest BCUT2D eigenvalue weighted by atomic mass is 15.1. The molecule has 0 amide bonds. The molecule has 0 radical (unpaired) electrons. The molecule has 0 bridgehead atoms. The lowest BCUT2D eigenvalue weighted by Crippen LogP contribution is -2.06. The van der Waals surface area contributed by atoms with Crippen molar-refractivity contribution >= 4 is 5.82 Å². The van der Waals surface area contributed by atoms with E-state index in [1.165, 1.54) is 12.8 Å². The molecular formula is C15H20N4. The van der Waals surface area contributed by atoms with Crippen molar-refractivity contribution in [2.24, 2.45) is 0 Å². The zero-order valence-electron chi connectivity index (χ0n) is 11.6. The highest BCUT2D eigenvalue weighted by molar-refractivity contribution is 5.70. The molecule has 0 unspecified atom stereocenters. The summed E-state index contributed by atoms with van der Waals surface area (Å²) in [7, 11) is 0. The van der Waals surface area contributed by atoms with Gasteiger partial charge in [-0.3, -0.25) is 4.98 Å². The molecule has 2 N–H and O–H groups in total. The summed E-state index contributed by atoms with van der Waals surface area (Å²) < 4.78 is 2.19. The van der Waals surface area contributed by atoms with Crippen molar-refractivity contribution in [3.63, 3.8) is 0 Å². The first-order chi connectivity index (χ1) is 9.20. The van der Waals surface area contributed by atoms with Gasteiger partial charge in [-0.25, -0.2) is 4.98 Å². The van der Waals surface area contributed by atoms with Crippen LogP contribution in [0.15, 0.2) is 18.3 Å². The van der Waals surface area contributed by atoms with Crippen molar-refractivity contribution in [3.8, 4) is 11.3 Å². The number of pyridine rings is 1. The van der Waals surface area contributed by atoms with Crippen molar-refractivity contribution in [1.82, 2.24) is 14.5 Å². The van der Waals surface area contributed by atoms with Gasteiger partial charge in [0.2, 0.25) is 0 Å². The van der Waals surface area contributed by atoms with Crippen molar-refractivity contribution in [1.29, 1.82) is 0 Å². The summed E-state index contributed by atoms with van der Waals surface area (Å²) >= 11 is 0. The summed E-state index contributed by atoms with van der Waals surface area (Å²) in [6.07, 6.45) is 5.42.